The van der Waals surface area contributed by atoms with E-state index in [2.05, 4.69) is 5.10 Å². The number of aromatic nitrogens is 2. The van der Waals surface area contributed by atoms with Gasteiger partial charge in [0.1, 0.15) is 30.9 Å². The summed E-state index contributed by atoms with van der Waals surface area (Å²) in [4.78, 5) is 0. The van der Waals surface area contributed by atoms with Gasteiger partial charge in [-0.25, -0.2) is 9.07 Å². The Kier molecular flexibility index (Phi) is 5.11. The van der Waals surface area contributed by atoms with Gasteiger partial charge in [0, 0.05) is 23.5 Å². The molecule has 0 amide bonds. The van der Waals surface area contributed by atoms with E-state index >= 15 is 0 Å². The van der Waals surface area contributed by atoms with Crippen LogP contribution in [0.15, 0.2) is 60.6 Å². The molecule has 0 saturated heterocycles. The van der Waals surface area contributed by atoms with Gasteiger partial charge in [0.15, 0.2) is 11.5 Å². The summed E-state index contributed by atoms with van der Waals surface area (Å²) in [7, 11) is 0. The average molecular weight is 421 g/mol. The molecule has 7 heteroatoms. The first-order chi connectivity index (χ1) is 15.1. The summed E-state index contributed by atoms with van der Waals surface area (Å²) < 4.78 is 32.8. The number of hydrogen-bond donors (Lipinski definition) is 1. The Morgan fingerprint density at radius 1 is 1.06 bits per heavy atom. The normalized spacial score (nSPS) is 17.6. The smallest absolute Gasteiger partial charge is 0.161 e. The van der Waals surface area contributed by atoms with Crippen LogP contribution in [0.5, 0.6) is 17.2 Å². The molecule has 1 aliphatic carbocycles. The first-order valence-corrected chi connectivity index (χ1v) is 10.4. The second-order valence-electron chi connectivity index (χ2n) is 7.85. The van der Waals surface area contributed by atoms with Gasteiger partial charge < -0.3 is 19.9 Å². The molecule has 2 aromatic carbocycles. The van der Waals surface area contributed by atoms with Crippen LogP contribution < -0.4 is 19.9 Å². The summed E-state index contributed by atoms with van der Waals surface area (Å²) in [5.41, 5.74) is 9.11. The highest BCUT2D eigenvalue weighted by Crippen LogP contribution is 2.35. The van der Waals surface area contributed by atoms with Gasteiger partial charge >= 0.3 is 0 Å². The van der Waals surface area contributed by atoms with E-state index in [9.17, 15) is 4.39 Å². The second-order valence-corrected chi connectivity index (χ2v) is 7.85. The van der Waals surface area contributed by atoms with Gasteiger partial charge in [-0.05, 0) is 61.4 Å². The third kappa shape index (κ3) is 3.88. The van der Waals surface area contributed by atoms with E-state index in [-0.39, 0.29) is 18.0 Å². The fourth-order valence-electron chi connectivity index (χ4n) is 3.95. The fraction of sp³-hybridized carbons (Fsp3) is 0.292. The largest absolute Gasteiger partial charge is 0.486 e. The van der Waals surface area contributed by atoms with Crippen LogP contribution in [0, 0.1) is 0 Å². The Morgan fingerprint density at radius 3 is 2.68 bits per heavy atom. The number of halogens is 1. The number of ether oxygens (including phenoxy) is 3. The highest BCUT2D eigenvalue weighted by Gasteiger charge is 2.22. The minimum atomic E-state index is -0.350. The molecule has 6 nitrogen and oxygen atoms in total. The summed E-state index contributed by atoms with van der Waals surface area (Å²) in [6.45, 7) is 3.00. The molecule has 5 rings (SSSR count). The predicted molar refractivity (Wildman–Crippen MR) is 117 cm³/mol. The highest BCUT2D eigenvalue weighted by molar-refractivity contribution is 5.83. The quantitative estimate of drug-likeness (QED) is 0.643. The van der Waals surface area contributed by atoms with Crippen LogP contribution in [-0.2, 0) is 0 Å². The van der Waals surface area contributed by atoms with Crippen LogP contribution in [-0.4, -0.2) is 29.0 Å². The van der Waals surface area contributed by atoms with Gasteiger partial charge in [0.25, 0.3) is 0 Å². The minimum Gasteiger partial charge on any atom is -0.486 e. The number of fused-ring (bicyclic) bond motifs is 2. The van der Waals surface area contributed by atoms with Crippen molar-refractivity contribution in [2.75, 3.05) is 13.2 Å². The number of nitrogens with two attached hydrogens (primary N) is 1. The monoisotopic (exact) mass is 421 g/mol. The molecule has 0 fully saturated rings. The highest BCUT2D eigenvalue weighted by atomic mass is 19.1. The van der Waals surface area contributed by atoms with Crippen molar-refractivity contribution < 1.29 is 18.6 Å². The Balaban J connectivity index is 1.42. The van der Waals surface area contributed by atoms with Crippen LogP contribution in [0.1, 0.15) is 31.4 Å². The molecule has 31 heavy (non-hydrogen) atoms. The lowest BCUT2D eigenvalue weighted by molar-refractivity contribution is 0.165. The zero-order valence-corrected chi connectivity index (χ0v) is 17.3. The molecule has 2 heterocycles. The molecule has 0 bridgehead atoms. The molecular formula is C24H24FN3O3. The zero-order chi connectivity index (χ0) is 21.4. The molecule has 0 unspecified atom stereocenters. The number of nitrogens with zero attached hydrogens (tertiary/aromatic N) is 2. The summed E-state index contributed by atoms with van der Waals surface area (Å²) in [6.07, 6.45) is 5.75. The van der Waals surface area contributed by atoms with Crippen molar-refractivity contribution in [3.63, 3.8) is 0 Å². The van der Waals surface area contributed by atoms with E-state index in [1.807, 2.05) is 48.0 Å². The SMILES string of the molecule is C[C@H](N)[C@H](Oc1ccc2c(cnn2C2=CC=C(F)CC2)c1)c1ccc2c(c1)OCCO2. The summed E-state index contributed by atoms with van der Waals surface area (Å²) in [5.74, 6) is 2.05. The van der Waals surface area contributed by atoms with Crippen LogP contribution in [0.25, 0.3) is 16.6 Å². The summed E-state index contributed by atoms with van der Waals surface area (Å²) in [6, 6.07) is 11.4. The maximum Gasteiger partial charge on any atom is 0.161 e. The van der Waals surface area contributed by atoms with E-state index < -0.39 is 0 Å². The first-order valence-electron chi connectivity index (χ1n) is 10.4. The molecule has 0 saturated carbocycles. The molecular weight excluding hydrogens is 397 g/mol. The fourth-order valence-corrected chi connectivity index (χ4v) is 3.95. The minimum absolute atomic E-state index is 0.100. The van der Waals surface area contributed by atoms with Crippen molar-refractivity contribution in [3.05, 3.63) is 66.1 Å². The predicted octanol–water partition coefficient (Wildman–Crippen LogP) is 4.76. The van der Waals surface area contributed by atoms with Crippen LogP contribution >= 0.6 is 0 Å². The number of rotatable bonds is 5. The lowest BCUT2D eigenvalue weighted by Crippen LogP contribution is -2.29. The third-order valence-electron chi connectivity index (χ3n) is 5.52. The second kappa shape index (κ2) is 8.07. The average Bonchev–Trinajstić information content (AvgIpc) is 3.21. The van der Waals surface area contributed by atoms with Gasteiger partial charge in [-0.15, -0.1) is 0 Å². The van der Waals surface area contributed by atoms with Crippen molar-refractivity contribution in [3.8, 4) is 17.2 Å². The van der Waals surface area contributed by atoms with Gasteiger partial charge in [0.2, 0.25) is 0 Å². The van der Waals surface area contributed by atoms with Crippen molar-refractivity contribution in [1.29, 1.82) is 0 Å². The van der Waals surface area contributed by atoms with Crippen molar-refractivity contribution in [1.82, 2.24) is 9.78 Å². The maximum atomic E-state index is 13.3. The molecule has 3 aromatic rings. The van der Waals surface area contributed by atoms with E-state index in [0.29, 0.717) is 37.6 Å². The zero-order valence-electron chi connectivity index (χ0n) is 17.3. The molecule has 1 aliphatic heterocycles. The van der Waals surface area contributed by atoms with E-state index in [0.717, 1.165) is 27.9 Å². The summed E-state index contributed by atoms with van der Waals surface area (Å²) >= 11 is 0. The van der Waals surface area contributed by atoms with E-state index in [1.54, 1.807) is 12.3 Å². The summed E-state index contributed by atoms with van der Waals surface area (Å²) in [5, 5.41) is 5.44. The van der Waals surface area contributed by atoms with Gasteiger partial charge in [0.05, 0.1) is 11.7 Å². The standard InChI is InChI=1S/C24H24FN3O3/c1-15(26)24(16-2-9-22-23(13-16)30-11-10-29-22)31-20-7-8-21-17(12-20)14-27-28(21)19-5-3-18(25)4-6-19/h2-3,5,7-9,12-15,24H,4,6,10-11,26H2,1H3/t15-,24-/m0/s1. The van der Waals surface area contributed by atoms with Crippen LogP contribution in [0.3, 0.4) is 0 Å². The Labute approximate surface area is 179 Å². The first kappa shape index (κ1) is 19.6. The molecule has 0 spiro atoms. The number of benzene rings is 2. The van der Waals surface area contributed by atoms with E-state index in [4.69, 9.17) is 19.9 Å². The Bertz CT molecular complexity index is 1180. The lowest BCUT2D eigenvalue weighted by atomic mass is 10.0. The number of hydrogen-bond acceptors (Lipinski definition) is 5. The van der Waals surface area contributed by atoms with Crippen molar-refractivity contribution in [2.24, 2.45) is 5.73 Å². The van der Waals surface area contributed by atoms with E-state index in [1.165, 1.54) is 6.08 Å². The molecule has 1 aromatic heterocycles. The third-order valence-corrected chi connectivity index (χ3v) is 5.52. The Morgan fingerprint density at radius 2 is 1.90 bits per heavy atom. The maximum absolute atomic E-state index is 13.3. The van der Waals surface area contributed by atoms with Crippen molar-refractivity contribution >= 4 is 16.6 Å². The van der Waals surface area contributed by atoms with Gasteiger partial charge in [-0.3, -0.25) is 0 Å². The van der Waals surface area contributed by atoms with Gasteiger partial charge in [-0.2, -0.15) is 5.10 Å². The Hall–Kier alpha value is -3.32. The topological polar surface area (TPSA) is 71.5 Å². The van der Waals surface area contributed by atoms with Crippen LogP contribution in [0.4, 0.5) is 4.39 Å². The molecule has 2 atom stereocenters. The van der Waals surface area contributed by atoms with Gasteiger partial charge in [-0.1, -0.05) is 6.07 Å². The molecule has 2 N–H and O–H groups in total. The van der Waals surface area contributed by atoms with Crippen molar-refractivity contribution in [2.45, 2.75) is 31.9 Å². The molecule has 0 radical (unpaired) electrons. The lowest BCUT2D eigenvalue weighted by Gasteiger charge is -2.25. The number of allylic oxidation sites excluding steroid dienone is 4. The molecule has 160 valence electrons. The van der Waals surface area contributed by atoms with Crippen LogP contribution in [0.2, 0.25) is 0 Å². The molecule has 2 aliphatic rings.